The van der Waals surface area contributed by atoms with E-state index in [1.54, 1.807) is 0 Å². The van der Waals surface area contributed by atoms with Gasteiger partial charge in [0, 0.05) is 13.6 Å². The van der Waals surface area contributed by atoms with Gasteiger partial charge in [-0.3, -0.25) is 14.9 Å². The minimum atomic E-state index is -3.59. The molecule has 4 N–H and O–H groups in total. The Morgan fingerprint density at radius 2 is 2.10 bits per heavy atom. The van der Waals surface area contributed by atoms with E-state index in [0.717, 1.165) is 0 Å². The van der Waals surface area contributed by atoms with E-state index in [2.05, 4.69) is 10.6 Å². The van der Waals surface area contributed by atoms with Crippen LogP contribution in [0.2, 0.25) is 0 Å². The third-order valence-corrected chi connectivity index (χ3v) is 3.48. The third-order valence-electron chi connectivity index (χ3n) is 2.62. The quantitative estimate of drug-likeness (QED) is 0.368. The van der Waals surface area contributed by atoms with Gasteiger partial charge >= 0.3 is 5.69 Å². The molecule has 0 aliphatic rings. The zero-order valence-corrected chi connectivity index (χ0v) is 12.1. The first kappa shape index (κ1) is 16.9. The number of carbonyl (C=O) groups is 1. The molecule has 0 heterocycles. The molecule has 1 aromatic rings. The molecule has 0 fully saturated rings. The molecule has 0 atom stereocenters. The molecule has 10 heteroatoms. The second-order valence-corrected chi connectivity index (χ2v) is 5.92. The number of sulfonamides is 1. The summed E-state index contributed by atoms with van der Waals surface area (Å²) in [4.78, 5) is 22.3. The summed E-state index contributed by atoms with van der Waals surface area (Å²) in [5, 5.41) is 21.0. The molecule has 0 unspecified atom stereocenters. The van der Waals surface area contributed by atoms with Crippen molar-refractivity contribution in [2.24, 2.45) is 5.14 Å². The SMILES string of the molecule is CNc1cccc(C(=O)NCCCS(N)(=O)=O)c1[N+](=O)[O-]. The topological polar surface area (TPSA) is 144 Å². The summed E-state index contributed by atoms with van der Waals surface area (Å²) < 4.78 is 21.5. The molecule has 0 aliphatic carbocycles. The number of carbonyl (C=O) groups excluding carboxylic acids is 1. The van der Waals surface area contributed by atoms with Crippen LogP contribution in [-0.2, 0) is 10.0 Å². The van der Waals surface area contributed by atoms with Gasteiger partial charge < -0.3 is 10.6 Å². The highest BCUT2D eigenvalue weighted by Gasteiger charge is 2.23. The van der Waals surface area contributed by atoms with Crippen LogP contribution < -0.4 is 15.8 Å². The molecule has 0 saturated heterocycles. The van der Waals surface area contributed by atoms with Crippen LogP contribution in [-0.4, -0.2) is 38.6 Å². The molecular weight excluding hydrogens is 300 g/mol. The summed E-state index contributed by atoms with van der Waals surface area (Å²) >= 11 is 0. The summed E-state index contributed by atoms with van der Waals surface area (Å²) in [5.41, 5.74) is -0.205. The Bertz CT molecular complexity index is 644. The van der Waals surface area contributed by atoms with Crippen molar-refractivity contribution in [2.45, 2.75) is 6.42 Å². The molecule has 0 aliphatic heterocycles. The number of nitrogens with zero attached hydrogens (tertiary/aromatic N) is 1. The van der Waals surface area contributed by atoms with Crippen molar-refractivity contribution in [3.8, 4) is 0 Å². The van der Waals surface area contributed by atoms with E-state index in [1.165, 1.54) is 25.2 Å². The lowest BCUT2D eigenvalue weighted by Crippen LogP contribution is -2.28. The number of nitro groups is 1. The van der Waals surface area contributed by atoms with Crippen molar-refractivity contribution >= 4 is 27.3 Å². The van der Waals surface area contributed by atoms with Gasteiger partial charge in [0.1, 0.15) is 11.3 Å². The van der Waals surface area contributed by atoms with Crippen molar-refractivity contribution in [2.75, 3.05) is 24.7 Å². The molecule has 1 amide bonds. The van der Waals surface area contributed by atoms with E-state index in [1.807, 2.05) is 0 Å². The number of para-hydroxylation sites is 1. The zero-order valence-electron chi connectivity index (χ0n) is 11.3. The number of nitro benzene ring substituents is 1. The normalized spacial score (nSPS) is 11.0. The fraction of sp³-hybridized carbons (Fsp3) is 0.364. The Morgan fingerprint density at radius 3 is 2.62 bits per heavy atom. The second kappa shape index (κ2) is 6.99. The van der Waals surface area contributed by atoms with Crippen LogP contribution in [0.5, 0.6) is 0 Å². The van der Waals surface area contributed by atoms with Gasteiger partial charge in [-0.2, -0.15) is 0 Å². The van der Waals surface area contributed by atoms with Gasteiger partial charge in [0.25, 0.3) is 5.91 Å². The Balaban J connectivity index is 2.81. The molecule has 0 bridgehead atoms. The molecule has 0 aromatic heterocycles. The standard InChI is InChI=1S/C11H16N4O5S/c1-13-9-5-2-4-8(10(9)15(17)18)11(16)14-6-3-7-21(12,19)20/h2,4-5,13H,3,6-7H2,1H3,(H,14,16)(H2,12,19,20). The fourth-order valence-electron chi connectivity index (χ4n) is 1.70. The maximum Gasteiger partial charge on any atom is 0.305 e. The maximum absolute atomic E-state index is 11.9. The van der Waals surface area contributed by atoms with Crippen LogP contribution in [0.4, 0.5) is 11.4 Å². The number of rotatable bonds is 7. The number of primary sulfonamides is 1. The van der Waals surface area contributed by atoms with Gasteiger partial charge in [-0.25, -0.2) is 13.6 Å². The lowest BCUT2D eigenvalue weighted by Gasteiger charge is -2.08. The van der Waals surface area contributed by atoms with Crippen molar-refractivity contribution in [3.63, 3.8) is 0 Å². The average molecular weight is 316 g/mol. The number of nitrogens with two attached hydrogens (primary N) is 1. The van der Waals surface area contributed by atoms with Crippen LogP contribution in [0.3, 0.4) is 0 Å². The Labute approximate surface area is 121 Å². The van der Waals surface area contributed by atoms with Crippen LogP contribution >= 0.6 is 0 Å². The molecule has 0 radical (unpaired) electrons. The molecule has 0 spiro atoms. The highest BCUT2D eigenvalue weighted by atomic mass is 32.2. The lowest BCUT2D eigenvalue weighted by atomic mass is 10.1. The number of anilines is 1. The minimum Gasteiger partial charge on any atom is -0.383 e. The van der Waals surface area contributed by atoms with Crippen molar-refractivity contribution in [1.29, 1.82) is 0 Å². The molecule has 1 rings (SSSR count). The molecule has 21 heavy (non-hydrogen) atoms. The summed E-state index contributed by atoms with van der Waals surface area (Å²) in [6, 6.07) is 4.32. The number of hydrogen-bond donors (Lipinski definition) is 3. The lowest BCUT2D eigenvalue weighted by molar-refractivity contribution is -0.384. The van der Waals surface area contributed by atoms with E-state index in [0.29, 0.717) is 0 Å². The predicted octanol–water partition coefficient (Wildman–Crippen LogP) is 0.0449. The minimum absolute atomic E-state index is 0.0518. The monoisotopic (exact) mass is 316 g/mol. The van der Waals surface area contributed by atoms with Gasteiger partial charge in [0.15, 0.2) is 0 Å². The molecular formula is C11H16N4O5S. The van der Waals surface area contributed by atoms with Gasteiger partial charge in [-0.15, -0.1) is 0 Å². The first-order valence-electron chi connectivity index (χ1n) is 6.00. The molecule has 1 aromatic carbocycles. The first-order chi connectivity index (χ1) is 9.76. The maximum atomic E-state index is 11.9. The van der Waals surface area contributed by atoms with Crippen LogP contribution in [0.1, 0.15) is 16.8 Å². The highest BCUT2D eigenvalue weighted by molar-refractivity contribution is 7.89. The predicted molar refractivity (Wildman–Crippen MR) is 77.6 cm³/mol. The van der Waals surface area contributed by atoms with Crippen molar-refractivity contribution in [3.05, 3.63) is 33.9 Å². The number of hydrogen-bond acceptors (Lipinski definition) is 6. The first-order valence-corrected chi connectivity index (χ1v) is 7.71. The molecule has 9 nitrogen and oxygen atoms in total. The highest BCUT2D eigenvalue weighted by Crippen LogP contribution is 2.28. The summed E-state index contributed by atoms with van der Waals surface area (Å²) in [6.45, 7) is 0.0518. The number of amides is 1. The Hall–Kier alpha value is -2.20. The summed E-state index contributed by atoms with van der Waals surface area (Å²) in [5.74, 6) is -0.917. The van der Waals surface area contributed by atoms with E-state index in [-0.39, 0.29) is 35.7 Å². The Kier molecular flexibility index (Phi) is 5.61. The van der Waals surface area contributed by atoms with E-state index < -0.39 is 20.9 Å². The fourth-order valence-corrected chi connectivity index (χ4v) is 2.24. The smallest absolute Gasteiger partial charge is 0.305 e. The second-order valence-electron chi connectivity index (χ2n) is 4.19. The largest absolute Gasteiger partial charge is 0.383 e. The van der Waals surface area contributed by atoms with Gasteiger partial charge in [0.05, 0.1) is 10.7 Å². The van der Waals surface area contributed by atoms with Crippen LogP contribution in [0.25, 0.3) is 0 Å². The van der Waals surface area contributed by atoms with Crippen molar-refractivity contribution < 1.29 is 18.1 Å². The molecule has 0 saturated carbocycles. The van der Waals surface area contributed by atoms with Crippen LogP contribution in [0, 0.1) is 10.1 Å². The summed E-state index contributed by atoms with van der Waals surface area (Å²) in [7, 11) is -2.08. The van der Waals surface area contributed by atoms with E-state index in [4.69, 9.17) is 5.14 Å². The zero-order chi connectivity index (χ0) is 16.0. The average Bonchev–Trinajstić information content (AvgIpc) is 2.41. The van der Waals surface area contributed by atoms with Gasteiger partial charge in [0.2, 0.25) is 10.0 Å². The molecule has 116 valence electrons. The van der Waals surface area contributed by atoms with Gasteiger partial charge in [-0.1, -0.05) is 6.07 Å². The Morgan fingerprint density at radius 1 is 1.43 bits per heavy atom. The number of benzene rings is 1. The number of nitrogens with one attached hydrogen (secondary N) is 2. The van der Waals surface area contributed by atoms with E-state index >= 15 is 0 Å². The van der Waals surface area contributed by atoms with E-state index in [9.17, 15) is 23.3 Å². The van der Waals surface area contributed by atoms with Crippen LogP contribution in [0.15, 0.2) is 18.2 Å². The van der Waals surface area contributed by atoms with Gasteiger partial charge in [-0.05, 0) is 18.6 Å². The van der Waals surface area contributed by atoms with Crippen molar-refractivity contribution in [1.82, 2.24) is 5.32 Å². The third kappa shape index (κ3) is 5.00. The summed E-state index contributed by atoms with van der Waals surface area (Å²) in [6.07, 6.45) is 0.129.